The van der Waals surface area contributed by atoms with Crippen LogP contribution in [0.5, 0.6) is 11.5 Å². The van der Waals surface area contributed by atoms with Gasteiger partial charge in [-0.1, -0.05) is 25.1 Å². The molecule has 0 N–H and O–H groups in total. The van der Waals surface area contributed by atoms with E-state index < -0.39 is 6.04 Å². The Morgan fingerprint density at radius 1 is 0.947 bits per heavy atom. The summed E-state index contributed by atoms with van der Waals surface area (Å²) in [5.41, 5.74) is 1.54. The zero-order valence-electron chi connectivity index (χ0n) is 22.2. The van der Waals surface area contributed by atoms with E-state index in [0.717, 1.165) is 0 Å². The van der Waals surface area contributed by atoms with Gasteiger partial charge in [0.25, 0.3) is 11.5 Å². The number of fused-ring (bicyclic) bond motifs is 1. The van der Waals surface area contributed by atoms with E-state index in [1.807, 2.05) is 37.3 Å². The number of rotatable bonds is 11. The van der Waals surface area contributed by atoms with Crippen molar-refractivity contribution in [3.63, 3.8) is 0 Å². The van der Waals surface area contributed by atoms with Crippen LogP contribution in [0.2, 0.25) is 0 Å². The second-order valence-electron chi connectivity index (χ2n) is 8.83. The molecule has 0 spiro atoms. The highest BCUT2D eigenvalue weighted by molar-refractivity contribution is 5.95. The van der Waals surface area contributed by atoms with Crippen LogP contribution in [0.25, 0.3) is 16.6 Å². The molecule has 0 radical (unpaired) electrons. The van der Waals surface area contributed by atoms with Crippen LogP contribution < -0.4 is 15.0 Å². The van der Waals surface area contributed by atoms with Crippen LogP contribution in [0.3, 0.4) is 0 Å². The highest BCUT2D eigenvalue weighted by Gasteiger charge is 2.30. The molecule has 0 fully saturated rings. The fourth-order valence-corrected chi connectivity index (χ4v) is 4.60. The standard InChI is InChI=1S/C30H33N3O5/c1-5-27(32(18-9-19-36-2)29(34)21-10-8-11-24(20-21)38-4)28-31-26-13-7-6-12-25(26)30(35)33(28)22-14-16-23(37-3)17-15-22/h6-8,10-17,20,27H,5,9,18-19H2,1-4H3. The number of carbonyl (C=O) groups excluding carboxylic acids is 1. The van der Waals surface area contributed by atoms with E-state index >= 15 is 0 Å². The molecule has 1 heterocycles. The van der Waals surface area contributed by atoms with Crippen LogP contribution in [-0.4, -0.2) is 54.8 Å². The number of hydrogen-bond donors (Lipinski definition) is 0. The van der Waals surface area contributed by atoms with Crippen molar-refractivity contribution in [2.75, 3.05) is 34.5 Å². The molecule has 1 unspecified atom stereocenters. The van der Waals surface area contributed by atoms with Gasteiger partial charge in [0.15, 0.2) is 0 Å². The van der Waals surface area contributed by atoms with Gasteiger partial charge in [-0.15, -0.1) is 0 Å². The van der Waals surface area contributed by atoms with E-state index in [1.54, 1.807) is 73.3 Å². The lowest BCUT2D eigenvalue weighted by molar-refractivity contribution is 0.0634. The van der Waals surface area contributed by atoms with E-state index in [-0.39, 0.29) is 11.5 Å². The second kappa shape index (κ2) is 12.4. The number of aromatic nitrogens is 2. The molecule has 1 aromatic heterocycles. The van der Waals surface area contributed by atoms with Gasteiger partial charge in [-0.3, -0.25) is 14.2 Å². The van der Waals surface area contributed by atoms with Crippen LogP contribution in [0.1, 0.15) is 42.0 Å². The predicted molar refractivity (Wildman–Crippen MR) is 147 cm³/mol. The van der Waals surface area contributed by atoms with Crippen molar-refractivity contribution in [2.45, 2.75) is 25.8 Å². The van der Waals surface area contributed by atoms with Crippen molar-refractivity contribution in [1.29, 1.82) is 0 Å². The Morgan fingerprint density at radius 2 is 1.68 bits per heavy atom. The molecule has 198 valence electrons. The summed E-state index contributed by atoms with van der Waals surface area (Å²) in [6.07, 6.45) is 1.17. The minimum atomic E-state index is -0.482. The number of amides is 1. The van der Waals surface area contributed by atoms with Crippen LogP contribution in [-0.2, 0) is 4.74 Å². The third-order valence-corrected chi connectivity index (χ3v) is 6.52. The Bertz CT molecular complexity index is 1450. The fourth-order valence-electron chi connectivity index (χ4n) is 4.60. The number of methoxy groups -OCH3 is 3. The highest BCUT2D eigenvalue weighted by Crippen LogP contribution is 2.29. The van der Waals surface area contributed by atoms with Gasteiger partial charge in [0.1, 0.15) is 17.3 Å². The maximum atomic E-state index is 14.0. The summed E-state index contributed by atoms with van der Waals surface area (Å²) < 4.78 is 17.6. The summed E-state index contributed by atoms with van der Waals surface area (Å²) in [5.74, 6) is 1.60. The third kappa shape index (κ3) is 5.55. The van der Waals surface area contributed by atoms with Gasteiger partial charge in [-0.05, 0) is 67.4 Å². The van der Waals surface area contributed by atoms with Crippen molar-refractivity contribution in [3.05, 3.63) is 94.5 Å². The Balaban J connectivity index is 1.91. The first-order valence-corrected chi connectivity index (χ1v) is 12.6. The smallest absolute Gasteiger partial charge is 0.266 e. The number of benzene rings is 3. The van der Waals surface area contributed by atoms with E-state index in [9.17, 15) is 9.59 Å². The van der Waals surface area contributed by atoms with E-state index in [4.69, 9.17) is 19.2 Å². The van der Waals surface area contributed by atoms with E-state index in [2.05, 4.69) is 0 Å². The fraction of sp³-hybridized carbons (Fsp3) is 0.300. The zero-order valence-corrected chi connectivity index (χ0v) is 22.2. The average molecular weight is 516 g/mol. The molecule has 4 aromatic rings. The van der Waals surface area contributed by atoms with Crippen LogP contribution >= 0.6 is 0 Å². The molecular weight excluding hydrogens is 482 g/mol. The van der Waals surface area contributed by atoms with Crippen molar-refractivity contribution >= 4 is 16.8 Å². The van der Waals surface area contributed by atoms with Gasteiger partial charge in [0.2, 0.25) is 0 Å². The Kier molecular flexibility index (Phi) is 8.76. The topological polar surface area (TPSA) is 82.9 Å². The van der Waals surface area contributed by atoms with Crippen molar-refractivity contribution in [2.24, 2.45) is 0 Å². The van der Waals surface area contributed by atoms with Gasteiger partial charge >= 0.3 is 0 Å². The van der Waals surface area contributed by atoms with Gasteiger partial charge in [0.05, 0.1) is 36.9 Å². The Morgan fingerprint density at radius 3 is 2.37 bits per heavy atom. The average Bonchev–Trinajstić information content (AvgIpc) is 2.96. The Hall–Kier alpha value is -4.17. The molecule has 38 heavy (non-hydrogen) atoms. The molecule has 3 aromatic carbocycles. The minimum absolute atomic E-state index is 0.171. The van der Waals surface area contributed by atoms with Gasteiger partial charge in [0, 0.05) is 25.8 Å². The largest absolute Gasteiger partial charge is 0.497 e. The van der Waals surface area contributed by atoms with Crippen molar-refractivity contribution < 1.29 is 19.0 Å². The number of nitrogens with zero attached hydrogens (tertiary/aromatic N) is 3. The van der Waals surface area contributed by atoms with Crippen LogP contribution in [0, 0.1) is 0 Å². The summed E-state index contributed by atoms with van der Waals surface area (Å²) in [7, 11) is 4.80. The zero-order chi connectivity index (χ0) is 27.1. The highest BCUT2D eigenvalue weighted by atomic mass is 16.5. The molecule has 0 bridgehead atoms. The molecule has 0 saturated heterocycles. The van der Waals surface area contributed by atoms with Gasteiger partial charge in [-0.2, -0.15) is 0 Å². The summed E-state index contributed by atoms with van der Waals surface area (Å²) in [6.45, 7) is 2.91. The van der Waals surface area contributed by atoms with E-state index in [1.165, 1.54) is 0 Å². The lowest BCUT2D eigenvalue weighted by Crippen LogP contribution is -2.39. The molecule has 0 aliphatic heterocycles. The summed E-state index contributed by atoms with van der Waals surface area (Å²) in [4.78, 5) is 34.6. The molecule has 1 amide bonds. The molecule has 4 rings (SSSR count). The first-order valence-electron chi connectivity index (χ1n) is 12.6. The molecule has 0 saturated carbocycles. The first kappa shape index (κ1) is 26.9. The molecule has 1 atom stereocenters. The van der Waals surface area contributed by atoms with E-state index in [0.29, 0.717) is 65.5 Å². The van der Waals surface area contributed by atoms with Crippen molar-refractivity contribution in [3.8, 4) is 17.2 Å². The maximum absolute atomic E-state index is 14.0. The molecular formula is C30H33N3O5. The van der Waals surface area contributed by atoms with Crippen LogP contribution in [0.15, 0.2) is 77.6 Å². The maximum Gasteiger partial charge on any atom is 0.266 e. The monoisotopic (exact) mass is 515 g/mol. The van der Waals surface area contributed by atoms with Crippen LogP contribution in [0.4, 0.5) is 0 Å². The molecule has 0 aliphatic rings. The molecule has 8 nitrogen and oxygen atoms in total. The van der Waals surface area contributed by atoms with Crippen molar-refractivity contribution in [1.82, 2.24) is 14.5 Å². The minimum Gasteiger partial charge on any atom is -0.497 e. The SMILES string of the molecule is CCC(c1nc2ccccc2c(=O)n1-c1ccc(OC)cc1)N(CCCOC)C(=O)c1cccc(OC)c1. The Labute approximate surface area is 222 Å². The summed E-state index contributed by atoms with van der Waals surface area (Å²) in [6, 6.07) is 21.1. The number of carbonyl (C=O) groups is 1. The lowest BCUT2D eigenvalue weighted by Gasteiger charge is -2.32. The quantitative estimate of drug-likeness (QED) is 0.261. The normalized spacial score (nSPS) is 11.8. The van der Waals surface area contributed by atoms with Gasteiger partial charge in [-0.25, -0.2) is 4.98 Å². The number of ether oxygens (including phenoxy) is 3. The van der Waals surface area contributed by atoms with Gasteiger partial charge < -0.3 is 19.1 Å². The summed E-state index contributed by atoms with van der Waals surface area (Å²) in [5, 5.41) is 0.506. The number of para-hydroxylation sites is 1. The second-order valence-corrected chi connectivity index (χ2v) is 8.83. The molecule has 0 aliphatic carbocycles. The predicted octanol–water partition coefficient (Wildman–Crippen LogP) is 5.03. The lowest BCUT2D eigenvalue weighted by atomic mass is 10.1. The molecule has 8 heteroatoms. The number of hydrogen-bond acceptors (Lipinski definition) is 6. The summed E-state index contributed by atoms with van der Waals surface area (Å²) >= 11 is 0. The first-order chi connectivity index (χ1) is 18.5. The third-order valence-electron chi connectivity index (χ3n) is 6.52.